The quantitative estimate of drug-likeness (QED) is 0.846. The van der Waals surface area contributed by atoms with Gasteiger partial charge in [0.05, 0.1) is 0 Å². The van der Waals surface area contributed by atoms with Crippen LogP contribution in [-0.2, 0) is 0 Å². The molecule has 2 aromatic carbocycles. The zero-order valence-corrected chi connectivity index (χ0v) is 15.3. The zero-order chi connectivity index (χ0) is 16.8. The van der Waals surface area contributed by atoms with Crippen molar-refractivity contribution in [1.29, 1.82) is 0 Å². The maximum Gasteiger partial charge on any atom is 0.251 e. The van der Waals surface area contributed by atoms with Gasteiger partial charge in [0.25, 0.3) is 5.91 Å². The van der Waals surface area contributed by atoms with E-state index >= 15 is 0 Å². The summed E-state index contributed by atoms with van der Waals surface area (Å²) >= 11 is 0. The third-order valence-corrected chi connectivity index (χ3v) is 4.58. The molecule has 0 spiro atoms. The maximum absolute atomic E-state index is 12.3. The van der Waals surface area contributed by atoms with Gasteiger partial charge in [0.15, 0.2) is 0 Å². The summed E-state index contributed by atoms with van der Waals surface area (Å²) in [5.41, 5.74) is 0.852. The Balaban J connectivity index is 0.00000225. The van der Waals surface area contributed by atoms with E-state index in [1.165, 1.54) is 0 Å². The van der Waals surface area contributed by atoms with Crippen molar-refractivity contribution in [2.45, 2.75) is 19.8 Å². The van der Waals surface area contributed by atoms with Crippen LogP contribution in [0.4, 0.5) is 0 Å². The summed E-state index contributed by atoms with van der Waals surface area (Å²) in [6.07, 6.45) is 2.19. The van der Waals surface area contributed by atoms with Crippen molar-refractivity contribution in [2.75, 3.05) is 19.6 Å². The molecule has 1 heterocycles. The molecule has 2 aromatic rings. The Kier molecular flexibility index (Phi) is 6.85. The molecular formula is C20H25ClN2O2. The lowest BCUT2D eigenvalue weighted by Crippen LogP contribution is -2.42. The minimum atomic E-state index is -0.0268. The van der Waals surface area contributed by atoms with E-state index in [2.05, 4.69) is 17.6 Å². The number of carbonyl (C=O) groups is 1. The molecule has 0 atom stereocenters. The topological polar surface area (TPSA) is 50.4 Å². The number of amides is 1. The first kappa shape index (κ1) is 19.3. The highest BCUT2D eigenvalue weighted by Gasteiger charge is 2.27. The third kappa shape index (κ3) is 5.48. The monoisotopic (exact) mass is 360 g/mol. The molecule has 2 N–H and O–H groups in total. The lowest BCUT2D eigenvalue weighted by Gasteiger charge is -2.34. The van der Waals surface area contributed by atoms with Crippen LogP contribution in [0.1, 0.15) is 30.1 Å². The number of nitrogens with one attached hydrogen (secondary N) is 2. The van der Waals surface area contributed by atoms with Gasteiger partial charge in [-0.25, -0.2) is 0 Å². The Morgan fingerprint density at radius 2 is 1.64 bits per heavy atom. The summed E-state index contributed by atoms with van der Waals surface area (Å²) in [6, 6.07) is 16.9. The summed E-state index contributed by atoms with van der Waals surface area (Å²) in [4.78, 5) is 12.3. The van der Waals surface area contributed by atoms with E-state index in [0.717, 1.165) is 44.0 Å². The van der Waals surface area contributed by atoms with Gasteiger partial charge in [0.2, 0.25) is 0 Å². The highest BCUT2D eigenvalue weighted by Crippen LogP contribution is 2.27. The number of piperidine rings is 1. The van der Waals surface area contributed by atoms with E-state index in [1.807, 2.05) is 42.5 Å². The largest absolute Gasteiger partial charge is 0.457 e. The van der Waals surface area contributed by atoms with Gasteiger partial charge in [-0.2, -0.15) is 0 Å². The van der Waals surface area contributed by atoms with Crippen LogP contribution in [-0.4, -0.2) is 25.5 Å². The lowest BCUT2D eigenvalue weighted by molar-refractivity contribution is 0.0922. The standard InChI is InChI=1S/C20H24N2O2.ClH/c1-20(11-13-21-14-12-20)15-22-19(23)16-7-9-18(10-8-16)24-17-5-3-2-4-6-17;/h2-10,21H,11-15H2,1H3,(H,22,23);1H. The summed E-state index contributed by atoms with van der Waals surface area (Å²) in [5, 5.41) is 6.43. The molecule has 25 heavy (non-hydrogen) atoms. The van der Waals surface area contributed by atoms with Crippen LogP contribution >= 0.6 is 12.4 Å². The highest BCUT2D eigenvalue weighted by molar-refractivity contribution is 5.94. The van der Waals surface area contributed by atoms with E-state index in [-0.39, 0.29) is 23.7 Å². The van der Waals surface area contributed by atoms with Crippen molar-refractivity contribution in [3.63, 3.8) is 0 Å². The molecule has 0 aromatic heterocycles. The molecule has 3 rings (SSSR count). The fraction of sp³-hybridized carbons (Fsp3) is 0.350. The van der Waals surface area contributed by atoms with Crippen LogP contribution in [0.3, 0.4) is 0 Å². The zero-order valence-electron chi connectivity index (χ0n) is 14.5. The number of ether oxygens (including phenoxy) is 1. The van der Waals surface area contributed by atoms with Gasteiger partial charge in [-0.1, -0.05) is 25.1 Å². The van der Waals surface area contributed by atoms with Gasteiger partial charge in [-0.3, -0.25) is 4.79 Å². The van der Waals surface area contributed by atoms with Crippen molar-refractivity contribution < 1.29 is 9.53 Å². The van der Waals surface area contributed by atoms with E-state index in [4.69, 9.17) is 4.74 Å². The summed E-state index contributed by atoms with van der Waals surface area (Å²) in [7, 11) is 0. The number of hydrogen-bond donors (Lipinski definition) is 2. The normalized spacial score (nSPS) is 15.7. The number of para-hydroxylation sites is 1. The molecule has 0 radical (unpaired) electrons. The molecule has 0 saturated carbocycles. The second kappa shape index (κ2) is 8.88. The predicted octanol–water partition coefficient (Wildman–Crippen LogP) is 4.02. The van der Waals surface area contributed by atoms with Gasteiger partial charge in [0.1, 0.15) is 11.5 Å². The first-order chi connectivity index (χ1) is 11.6. The molecule has 5 heteroatoms. The minimum absolute atomic E-state index is 0. The smallest absolute Gasteiger partial charge is 0.251 e. The molecule has 4 nitrogen and oxygen atoms in total. The maximum atomic E-state index is 12.3. The molecular weight excluding hydrogens is 336 g/mol. The molecule has 1 aliphatic rings. The Bertz CT molecular complexity index is 668. The Hall–Kier alpha value is -2.04. The summed E-state index contributed by atoms with van der Waals surface area (Å²) < 4.78 is 5.75. The molecule has 0 unspecified atom stereocenters. The molecule has 0 aliphatic carbocycles. The fourth-order valence-corrected chi connectivity index (χ4v) is 2.90. The van der Waals surface area contributed by atoms with Crippen LogP contribution < -0.4 is 15.4 Å². The number of benzene rings is 2. The molecule has 1 aliphatic heterocycles. The number of rotatable bonds is 5. The molecule has 1 fully saturated rings. The van der Waals surface area contributed by atoms with Gasteiger partial charge in [-0.05, 0) is 67.7 Å². The molecule has 0 bridgehead atoms. The van der Waals surface area contributed by atoms with Gasteiger partial charge in [0, 0.05) is 12.1 Å². The third-order valence-electron chi connectivity index (χ3n) is 4.58. The van der Waals surface area contributed by atoms with Crippen LogP contribution in [0.25, 0.3) is 0 Å². The Labute approximate surface area is 155 Å². The first-order valence-electron chi connectivity index (χ1n) is 8.47. The Morgan fingerprint density at radius 1 is 1.04 bits per heavy atom. The van der Waals surface area contributed by atoms with Gasteiger partial charge in [-0.15, -0.1) is 12.4 Å². The number of halogens is 1. The molecule has 1 amide bonds. The van der Waals surface area contributed by atoms with Crippen LogP contribution in [0.5, 0.6) is 11.5 Å². The summed E-state index contributed by atoms with van der Waals surface area (Å²) in [6.45, 7) is 5.01. The lowest BCUT2D eigenvalue weighted by atomic mass is 9.81. The minimum Gasteiger partial charge on any atom is -0.457 e. The van der Waals surface area contributed by atoms with Gasteiger partial charge >= 0.3 is 0 Å². The van der Waals surface area contributed by atoms with E-state index in [1.54, 1.807) is 12.1 Å². The van der Waals surface area contributed by atoms with Crippen molar-refractivity contribution in [2.24, 2.45) is 5.41 Å². The van der Waals surface area contributed by atoms with Crippen molar-refractivity contribution in [3.05, 3.63) is 60.2 Å². The van der Waals surface area contributed by atoms with Crippen LogP contribution in [0.2, 0.25) is 0 Å². The van der Waals surface area contributed by atoms with E-state index < -0.39 is 0 Å². The number of hydrogen-bond acceptors (Lipinski definition) is 3. The van der Waals surface area contributed by atoms with Crippen molar-refractivity contribution in [1.82, 2.24) is 10.6 Å². The number of carbonyl (C=O) groups excluding carboxylic acids is 1. The van der Waals surface area contributed by atoms with Crippen molar-refractivity contribution in [3.8, 4) is 11.5 Å². The second-order valence-electron chi connectivity index (χ2n) is 6.68. The first-order valence-corrected chi connectivity index (χ1v) is 8.47. The fourth-order valence-electron chi connectivity index (χ4n) is 2.90. The molecule has 134 valence electrons. The van der Waals surface area contributed by atoms with Gasteiger partial charge < -0.3 is 15.4 Å². The second-order valence-corrected chi connectivity index (χ2v) is 6.68. The van der Waals surface area contributed by atoms with Crippen molar-refractivity contribution >= 4 is 18.3 Å². The molecule has 1 saturated heterocycles. The highest BCUT2D eigenvalue weighted by atomic mass is 35.5. The SMILES string of the molecule is CC1(CNC(=O)c2ccc(Oc3ccccc3)cc2)CCNCC1.Cl. The van der Waals surface area contributed by atoms with E-state index in [0.29, 0.717) is 5.56 Å². The van der Waals surface area contributed by atoms with Crippen LogP contribution in [0, 0.1) is 5.41 Å². The van der Waals surface area contributed by atoms with E-state index in [9.17, 15) is 4.79 Å². The average molecular weight is 361 g/mol. The predicted molar refractivity (Wildman–Crippen MR) is 103 cm³/mol. The summed E-state index contributed by atoms with van der Waals surface area (Å²) in [5.74, 6) is 1.48. The average Bonchev–Trinajstić information content (AvgIpc) is 2.62. The Morgan fingerprint density at radius 3 is 2.28 bits per heavy atom. The van der Waals surface area contributed by atoms with Crippen LogP contribution in [0.15, 0.2) is 54.6 Å².